The lowest BCUT2D eigenvalue weighted by Gasteiger charge is -2.27. The molecule has 17 heteroatoms. The molecule has 0 atom stereocenters. The number of carboxylic acids is 1. The number of alkyl halides is 3. The average molecular weight is 683 g/mol. The van der Waals surface area contributed by atoms with E-state index in [-0.39, 0.29) is 12.1 Å². The number of aromatic nitrogens is 6. The maximum absolute atomic E-state index is 14.1. The van der Waals surface area contributed by atoms with Gasteiger partial charge in [-0.15, -0.1) is 0 Å². The van der Waals surface area contributed by atoms with Crippen molar-refractivity contribution in [3.63, 3.8) is 0 Å². The van der Waals surface area contributed by atoms with Crippen LogP contribution < -0.4 is 10.2 Å². The summed E-state index contributed by atoms with van der Waals surface area (Å²) in [5.74, 6) is -3.08. The summed E-state index contributed by atoms with van der Waals surface area (Å²) in [5.41, 5.74) is 2.93. The number of hydrogen-bond donors (Lipinski definition) is 3. The van der Waals surface area contributed by atoms with Gasteiger partial charge in [0.1, 0.15) is 11.3 Å². The molecule has 11 nitrogen and oxygen atoms in total. The van der Waals surface area contributed by atoms with Crippen LogP contribution in [-0.4, -0.2) is 73.0 Å². The fourth-order valence-electron chi connectivity index (χ4n) is 4.39. The quantitative estimate of drug-likeness (QED) is 0.201. The van der Waals surface area contributed by atoms with Gasteiger partial charge in [-0.3, -0.25) is 0 Å². The first-order valence-corrected chi connectivity index (χ1v) is 14.0. The summed E-state index contributed by atoms with van der Waals surface area (Å²) in [5, 5.41) is 10.4. The Labute approximate surface area is 254 Å². The fourth-order valence-corrected chi connectivity index (χ4v) is 4.83. The molecule has 4 heterocycles. The van der Waals surface area contributed by atoms with Crippen molar-refractivity contribution in [1.29, 1.82) is 0 Å². The predicted molar refractivity (Wildman–Crippen MR) is 153 cm³/mol. The number of rotatable bonds is 7. The number of aromatic amines is 1. The van der Waals surface area contributed by atoms with E-state index in [9.17, 15) is 22.0 Å². The summed E-state index contributed by atoms with van der Waals surface area (Å²) in [6, 6.07) is 10.8. The van der Waals surface area contributed by atoms with Crippen molar-refractivity contribution in [3.05, 3.63) is 70.2 Å². The zero-order valence-electron chi connectivity index (χ0n) is 22.7. The SMILES string of the molecule is Fc1ccc2[nH]c(CNc3nc(N4CCOCC4)nc4c3ncn4CCc3cccc(Br)c3)nc2c1F.O=C(O)C(F)(F)F. The summed E-state index contributed by atoms with van der Waals surface area (Å²) in [4.78, 5) is 32.4. The van der Waals surface area contributed by atoms with Crippen LogP contribution in [0, 0.1) is 11.6 Å². The monoisotopic (exact) mass is 682 g/mol. The number of carboxylic acid groups (broad SMARTS) is 1. The third-order valence-corrected chi connectivity index (χ3v) is 7.03. The van der Waals surface area contributed by atoms with Gasteiger partial charge in [-0.25, -0.2) is 23.5 Å². The molecule has 1 aliphatic heterocycles. The fraction of sp³-hybridized carbons (Fsp3) is 0.296. The van der Waals surface area contributed by atoms with E-state index in [4.69, 9.17) is 24.6 Å². The second-order valence-corrected chi connectivity index (χ2v) is 10.5. The Morgan fingerprint density at radius 3 is 2.55 bits per heavy atom. The van der Waals surface area contributed by atoms with Crippen molar-refractivity contribution in [2.24, 2.45) is 0 Å². The van der Waals surface area contributed by atoms with Crippen molar-refractivity contribution < 1.29 is 36.6 Å². The molecule has 0 bridgehead atoms. The first-order chi connectivity index (χ1) is 21.0. The number of hydrogen-bond acceptors (Lipinski definition) is 8. The standard InChI is InChI=1S/C25H23BrF2N8O.C2HF3O2/c26-16-3-1-2-15(12-16)6-7-36-14-30-22-23(33-25(34-24(22)36)35-8-10-37-11-9-35)29-13-19-31-18-5-4-17(27)20(28)21(18)32-19;3-2(4,5)1(6)7/h1-5,12,14H,6-11,13H2,(H,31,32)(H,29,33,34);(H,6,7). The van der Waals surface area contributed by atoms with Crippen molar-refractivity contribution in [2.75, 3.05) is 36.5 Å². The molecule has 3 aromatic heterocycles. The number of fused-ring (bicyclic) bond motifs is 2. The van der Waals surface area contributed by atoms with E-state index in [1.54, 1.807) is 6.33 Å². The van der Waals surface area contributed by atoms with Crippen LogP contribution in [0.25, 0.3) is 22.2 Å². The zero-order chi connectivity index (χ0) is 31.4. The number of benzene rings is 2. The summed E-state index contributed by atoms with van der Waals surface area (Å²) < 4.78 is 68.0. The van der Waals surface area contributed by atoms with Crippen molar-refractivity contribution in [3.8, 4) is 0 Å². The van der Waals surface area contributed by atoms with Crippen molar-refractivity contribution >= 4 is 55.9 Å². The first kappa shape index (κ1) is 31.1. The van der Waals surface area contributed by atoms with Gasteiger partial charge in [0.15, 0.2) is 28.6 Å². The summed E-state index contributed by atoms with van der Waals surface area (Å²) in [7, 11) is 0. The number of halogens is 6. The van der Waals surface area contributed by atoms with Gasteiger partial charge in [-0.05, 0) is 36.2 Å². The van der Waals surface area contributed by atoms with Gasteiger partial charge in [0, 0.05) is 24.1 Å². The molecule has 6 rings (SSSR count). The number of ether oxygens (including phenoxy) is 1. The number of H-pyrrole nitrogens is 1. The molecule has 0 spiro atoms. The van der Waals surface area contributed by atoms with Crippen molar-refractivity contribution in [2.45, 2.75) is 25.7 Å². The molecule has 1 fully saturated rings. The van der Waals surface area contributed by atoms with Crippen LogP contribution in [0.3, 0.4) is 0 Å². The Morgan fingerprint density at radius 2 is 1.84 bits per heavy atom. The number of aryl methyl sites for hydroxylation is 2. The lowest BCUT2D eigenvalue weighted by molar-refractivity contribution is -0.192. The van der Waals surface area contributed by atoms with E-state index >= 15 is 0 Å². The minimum atomic E-state index is -5.08. The maximum atomic E-state index is 14.1. The summed E-state index contributed by atoms with van der Waals surface area (Å²) in [6.07, 6.45) is -2.50. The van der Waals surface area contributed by atoms with Gasteiger partial charge < -0.3 is 29.6 Å². The molecule has 0 unspecified atom stereocenters. The van der Waals surface area contributed by atoms with Gasteiger partial charge in [0.2, 0.25) is 5.95 Å². The van der Waals surface area contributed by atoms with Crippen LogP contribution >= 0.6 is 15.9 Å². The third kappa shape index (κ3) is 7.21. The van der Waals surface area contributed by atoms with E-state index in [2.05, 4.69) is 53.2 Å². The Kier molecular flexibility index (Phi) is 9.24. The molecule has 44 heavy (non-hydrogen) atoms. The normalized spacial score (nSPS) is 13.6. The maximum Gasteiger partial charge on any atom is 0.490 e. The number of imidazole rings is 2. The van der Waals surface area contributed by atoms with Gasteiger partial charge >= 0.3 is 12.1 Å². The second kappa shape index (κ2) is 13.1. The molecule has 232 valence electrons. The van der Waals surface area contributed by atoms with Crippen LogP contribution in [-0.2, 0) is 29.0 Å². The number of aliphatic carboxylic acids is 1. The Bertz CT molecular complexity index is 1790. The number of carbonyl (C=O) groups is 1. The van der Waals surface area contributed by atoms with Crippen molar-refractivity contribution in [1.82, 2.24) is 29.5 Å². The molecule has 0 aliphatic carbocycles. The summed E-state index contributed by atoms with van der Waals surface area (Å²) >= 11 is 3.53. The molecule has 0 saturated carbocycles. The predicted octanol–water partition coefficient (Wildman–Crippen LogP) is 5.07. The smallest absolute Gasteiger partial charge is 0.475 e. The number of anilines is 2. The van der Waals surface area contributed by atoms with Gasteiger partial charge in [0.25, 0.3) is 0 Å². The Hall–Kier alpha value is -4.38. The highest BCUT2D eigenvalue weighted by Gasteiger charge is 2.38. The highest BCUT2D eigenvalue weighted by molar-refractivity contribution is 9.10. The Morgan fingerprint density at radius 1 is 1.09 bits per heavy atom. The van der Waals surface area contributed by atoms with Crippen LogP contribution in [0.15, 0.2) is 47.2 Å². The van der Waals surface area contributed by atoms with E-state index in [1.807, 2.05) is 16.7 Å². The first-order valence-electron chi connectivity index (χ1n) is 13.2. The molecule has 1 aliphatic rings. The van der Waals surface area contributed by atoms with Gasteiger partial charge in [0.05, 0.1) is 31.6 Å². The zero-order valence-corrected chi connectivity index (χ0v) is 24.3. The molecule has 5 aromatic rings. The van der Waals surface area contributed by atoms with E-state index in [0.717, 1.165) is 17.0 Å². The molecule has 0 radical (unpaired) electrons. The molecule has 2 aromatic carbocycles. The van der Waals surface area contributed by atoms with Crippen LogP contribution in [0.4, 0.5) is 33.7 Å². The van der Waals surface area contributed by atoms with Crippen LogP contribution in [0.1, 0.15) is 11.4 Å². The molecule has 1 saturated heterocycles. The van der Waals surface area contributed by atoms with Gasteiger partial charge in [-0.1, -0.05) is 28.1 Å². The van der Waals surface area contributed by atoms with Crippen LogP contribution in [0.5, 0.6) is 0 Å². The largest absolute Gasteiger partial charge is 0.490 e. The lowest BCUT2D eigenvalue weighted by atomic mass is 10.1. The van der Waals surface area contributed by atoms with E-state index in [0.29, 0.717) is 67.1 Å². The summed E-state index contributed by atoms with van der Waals surface area (Å²) in [6.45, 7) is 3.49. The molecule has 0 amide bonds. The van der Waals surface area contributed by atoms with Crippen LogP contribution in [0.2, 0.25) is 0 Å². The van der Waals surface area contributed by atoms with E-state index < -0.39 is 23.8 Å². The topological polar surface area (TPSA) is 134 Å². The molecule has 3 N–H and O–H groups in total. The average Bonchev–Trinajstić information content (AvgIpc) is 3.61. The number of morpholine rings is 1. The minimum Gasteiger partial charge on any atom is -0.475 e. The number of nitrogens with one attached hydrogen (secondary N) is 2. The molecular weight excluding hydrogens is 659 g/mol. The Balaban J connectivity index is 0.000000493. The number of nitrogens with zero attached hydrogens (tertiary/aromatic N) is 6. The second-order valence-electron chi connectivity index (χ2n) is 9.56. The minimum absolute atomic E-state index is 0.0320. The van der Waals surface area contributed by atoms with E-state index in [1.165, 1.54) is 11.6 Å². The third-order valence-electron chi connectivity index (χ3n) is 6.54. The molecular formula is C27H24BrF5N8O3. The highest BCUT2D eigenvalue weighted by Crippen LogP contribution is 2.25. The van der Waals surface area contributed by atoms with Gasteiger partial charge in [-0.2, -0.15) is 23.1 Å². The lowest BCUT2D eigenvalue weighted by Crippen LogP contribution is -2.37. The highest BCUT2D eigenvalue weighted by atomic mass is 79.9.